The number of ether oxygens (including phenoxy) is 2. The zero-order chi connectivity index (χ0) is 26.5. The summed E-state index contributed by atoms with van der Waals surface area (Å²) in [6.07, 6.45) is 2.17. The van der Waals surface area contributed by atoms with Crippen LogP contribution >= 0.6 is 0 Å². The number of carbonyl (C=O) groups is 2. The standard InChI is InChI=1S/C28H30N4O5/c1-5-36-13-9-12-32-24-21(27(34)31-11-8-7-10-23(31)29-24)17-22(28(35)37-6-2)25(32)30-26(33)20-15-18(3)14-19(4)16-20/h7-8,10-11,14-17H,5-6,9,12-13H2,1-4H3. The van der Waals surface area contributed by atoms with Crippen molar-refractivity contribution in [3.63, 3.8) is 0 Å². The predicted molar refractivity (Wildman–Crippen MR) is 140 cm³/mol. The Kier molecular flexibility index (Phi) is 7.93. The molecule has 4 aromatic rings. The number of hydrogen-bond acceptors (Lipinski definition) is 6. The first-order chi connectivity index (χ1) is 17.8. The molecule has 0 radical (unpaired) electrons. The van der Waals surface area contributed by atoms with Crippen molar-refractivity contribution in [2.45, 2.75) is 40.7 Å². The molecule has 0 unspecified atom stereocenters. The Morgan fingerprint density at radius 2 is 1.78 bits per heavy atom. The molecular weight excluding hydrogens is 472 g/mol. The van der Waals surface area contributed by atoms with Gasteiger partial charge in [-0.3, -0.25) is 14.0 Å². The molecule has 0 saturated heterocycles. The van der Waals surface area contributed by atoms with E-state index in [0.717, 1.165) is 11.1 Å². The average Bonchev–Trinajstić information content (AvgIpc) is 2.87. The summed E-state index contributed by atoms with van der Waals surface area (Å²) in [5, 5.41) is 0.223. The largest absolute Gasteiger partial charge is 0.462 e. The molecule has 0 saturated carbocycles. The van der Waals surface area contributed by atoms with Gasteiger partial charge in [0.05, 0.1) is 12.0 Å². The van der Waals surface area contributed by atoms with E-state index in [9.17, 15) is 14.4 Å². The molecule has 0 aliphatic heterocycles. The number of benzene rings is 1. The molecule has 0 N–H and O–H groups in total. The third-order valence-corrected chi connectivity index (χ3v) is 5.84. The van der Waals surface area contributed by atoms with Crippen molar-refractivity contribution < 1.29 is 19.1 Å². The molecule has 3 aromatic heterocycles. The second kappa shape index (κ2) is 11.3. The summed E-state index contributed by atoms with van der Waals surface area (Å²) in [5.41, 5.74) is 2.80. The van der Waals surface area contributed by atoms with Crippen molar-refractivity contribution >= 4 is 28.6 Å². The first-order valence-corrected chi connectivity index (χ1v) is 12.3. The summed E-state index contributed by atoms with van der Waals surface area (Å²) < 4.78 is 13.9. The summed E-state index contributed by atoms with van der Waals surface area (Å²) in [7, 11) is 0. The first kappa shape index (κ1) is 26.0. The van der Waals surface area contributed by atoms with Crippen molar-refractivity contribution in [3.05, 3.63) is 86.8 Å². The van der Waals surface area contributed by atoms with Gasteiger partial charge in [-0.15, -0.1) is 0 Å². The number of aromatic nitrogens is 3. The highest BCUT2D eigenvalue weighted by Crippen LogP contribution is 2.14. The van der Waals surface area contributed by atoms with E-state index in [1.165, 1.54) is 10.5 Å². The Balaban J connectivity index is 2.06. The minimum absolute atomic E-state index is 0.0262. The maximum absolute atomic E-state index is 13.4. The Bertz CT molecular complexity index is 1600. The molecule has 0 bridgehead atoms. The number of pyridine rings is 2. The van der Waals surface area contributed by atoms with Crippen LogP contribution in [0.25, 0.3) is 16.7 Å². The van der Waals surface area contributed by atoms with Crippen LogP contribution in [0, 0.1) is 13.8 Å². The van der Waals surface area contributed by atoms with Gasteiger partial charge in [-0.2, -0.15) is 4.99 Å². The van der Waals surface area contributed by atoms with Gasteiger partial charge in [0, 0.05) is 31.5 Å². The minimum Gasteiger partial charge on any atom is -0.462 e. The normalized spacial score (nSPS) is 11.8. The molecule has 3 heterocycles. The lowest BCUT2D eigenvalue weighted by molar-refractivity contribution is 0.0523. The summed E-state index contributed by atoms with van der Waals surface area (Å²) in [6, 6.07) is 12.1. The van der Waals surface area contributed by atoms with Crippen LogP contribution in [0.5, 0.6) is 0 Å². The Hall–Kier alpha value is -4.11. The maximum atomic E-state index is 13.4. The van der Waals surface area contributed by atoms with Gasteiger partial charge in [0.1, 0.15) is 16.9 Å². The number of hydrogen-bond donors (Lipinski definition) is 0. The van der Waals surface area contributed by atoms with Crippen LogP contribution in [-0.4, -0.2) is 45.6 Å². The molecule has 4 rings (SSSR count). The second-order valence-electron chi connectivity index (χ2n) is 8.68. The van der Waals surface area contributed by atoms with Crippen LogP contribution in [-0.2, 0) is 16.0 Å². The second-order valence-corrected chi connectivity index (χ2v) is 8.68. The SMILES string of the molecule is CCOCCCn1c(=NC(=O)c2cc(C)cc(C)c2)c(C(=O)OCC)cc2c(=O)n3ccccc3nc21. The molecule has 0 aliphatic rings. The summed E-state index contributed by atoms with van der Waals surface area (Å²) in [5.74, 6) is -1.18. The van der Waals surface area contributed by atoms with Crippen molar-refractivity contribution in [1.82, 2.24) is 14.0 Å². The van der Waals surface area contributed by atoms with Gasteiger partial charge in [-0.25, -0.2) is 9.78 Å². The van der Waals surface area contributed by atoms with E-state index in [2.05, 4.69) is 4.99 Å². The Morgan fingerprint density at radius 3 is 2.49 bits per heavy atom. The predicted octanol–water partition coefficient (Wildman–Crippen LogP) is 3.61. The van der Waals surface area contributed by atoms with Crippen molar-refractivity contribution in [1.29, 1.82) is 0 Å². The van der Waals surface area contributed by atoms with Gasteiger partial charge >= 0.3 is 5.97 Å². The molecule has 1 aromatic carbocycles. The van der Waals surface area contributed by atoms with E-state index in [4.69, 9.17) is 14.5 Å². The lowest BCUT2D eigenvalue weighted by atomic mass is 10.1. The van der Waals surface area contributed by atoms with Crippen LogP contribution in [0.1, 0.15) is 52.1 Å². The van der Waals surface area contributed by atoms with Crippen LogP contribution < -0.4 is 11.0 Å². The Labute approximate surface area is 214 Å². The molecule has 192 valence electrons. The van der Waals surface area contributed by atoms with Gasteiger partial charge in [-0.1, -0.05) is 23.3 Å². The number of amides is 1. The summed E-state index contributed by atoms with van der Waals surface area (Å²) in [6.45, 7) is 8.85. The number of carbonyl (C=O) groups excluding carboxylic acids is 2. The van der Waals surface area contributed by atoms with Crippen LogP contribution in [0.4, 0.5) is 0 Å². The third kappa shape index (κ3) is 5.51. The smallest absolute Gasteiger partial charge is 0.341 e. The van der Waals surface area contributed by atoms with E-state index >= 15 is 0 Å². The van der Waals surface area contributed by atoms with E-state index < -0.39 is 11.9 Å². The van der Waals surface area contributed by atoms with Gasteiger partial charge < -0.3 is 14.0 Å². The molecule has 0 atom stereocenters. The average molecular weight is 503 g/mol. The van der Waals surface area contributed by atoms with E-state index in [-0.39, 0.29) is 28.6 Å². The molecule has 0 spiro atoms. The number of esters is 1. The van der Waals surface area contributed by atoms with Gasteiger partial charge in [-0.05, 0) is 64.4 Å². The van der Waals surface area contributed by atoms with Crippen molar-refractivity contribution in [3.8, 4) is 0 Å². The fourth-order valence-electron chi connectivity index (χ4n) is 4.30. The zero-order valence-corrected chi connectivity index (χ0v) is 21.5. The quantitative estimate of drug-likeness (QED) is 0.207. The number of fused-ring (bicyclic) bond motifs is 2. The highest BCUT2D eigenvalue weighted by atomic mass is 16.5. The van der Waals surface area contributed by atoms with Crippen LogP contribution in [0.3, 0.4) is 0 Å². The van der Waals surface area contributed by atoms with E-state index in [0.29, 0.717) is 43.0 Å². The van der Waals surface area contributed by atoms with E-state index in [1.807, 2.05) is 26.8 Å². The molecule has 0 aliphatic carbocycles. The van der Waals surface area contributed by atoms with Gasteiger partial charge in [0.25, 0.3) is 11.5 Å². The monoisotopic (exact) mass is 502 g/mol. The molecule has 0 fully saturated rings. The molecule has 9 nitrogen and oxygen atoms in total. The molecule has 9 heteroatoms. The molecule has 37 heavy (non-hydrogen) atoms. The number of aryl methyl sites for hydroxylation is 3. The first-order valence-electron chi connectivity index (χ1n) is 12.3. The van der Waals surface area contributed by atoms with Crippen LogP contribution in [0.2, 0.25) is 0 Å². The highest BCUT2D eigenvalue weighted by molar-refractivity contribution is 5.97. The fraction of sp³-hybridized carbons (Fsp3) is 0.321. The lowest BCUT2D eigenvalue weighted by Crippen LogP contribution is -2.33. The fourth-order valence-corrected chi connectivity index (χ4v) is 4.30. The summed E-state index contributed by atoms with van der Waals surface area (Å²) in [4.78, 5) is 49.0. The number of nitrogens with zero attached hydrogens (tertiary/aromatic N) is 4. The highest BCUT2D eigenvalue weighted by Gasteiger charge is 2.20. The van der Waals surface area contributed by atoms with Crippen molar-refractivity contribution in [2.24, 2.45) is 4.99 Å². The third-order valence-electron chi connectivity index (χ3n) is 5.84. The number of rotatable bonds is 8. The molecular formula is C28H30N4O5. The van der Waals surface area contributed by atoms with Crippen LogP contribution in [0.15, 0.2) is 58.4 Å². The topological polar surface area (TPSA) is 104 Å². The summed E-state index contributed by atoms with van der Waals surface area (Å²) >= 11 is 0. The van der Waals surface area contributed by atoms with E-state index in [1.54, 1.807) is 48.0 Å². The van der Waals surface area contributed by atoms with Gasteiger partial charge in [0.15, 0.2) is 5.49 Å². The molecule has 1 amide bonds. The minimum atomic E-state index is -0.674. The maximum Gasteiger partial charge on any atom is 0.341 e. The van der Waals surface area contributed by atoms with Gasteiger partial charge in [0.2, 0.25) is 0 Å². The van der Waals surface area contributed by atoms with Crippen molar-refractivity contribution in [2.75, 3.05) is 19.8 Å². The Morgan fingerprint density at radius 1 is 1.03 bits per heavy atom. The zero-order valence-electron chi connectivity index (χ0n) is 21.5. The lowest BCUT2D eigenvalue weighted by Gasteiger charge is -2.15.